The lowest BCUT2D eigenvalue weighted by Crippen LogP contribution is -2.26. The Balaban J connectivity index is 1.38. The van der Waals surface area contributed by atoms with Gasteiger partial charge in [0.1, 0.15) is 0 Å². The Hall–Kier alpha value is -2.58. The van der Waals surface area contributed by atoms with Crippen molar-refractivity contribution >= 4 is 26.8 Å². The first-order chi connectivity index (χ1) is 13.0. The number of hydrogen-bond acceptors (Lipinski definition) is 5. The van der Waals surface area contributed by atoms with Gasteiger partial charge in [-0.25, -0.2) is 17.9 Å². The minimum absolute atomic E-state index is 0.0714. The number of fused-ring (bicyclic) bond motifs is 1. The van der Waals surface area contributed by atoms with E-state index in [2.05, 4.69) is 26.7 Å². The average molecular weight is 387 g/mol. The molecule has 2 heterocycles. The van der Waals surface area contributed by atoms with Gasteiger partial charge in [0.05, 0.1) is 10.4 Å². The second kappa shape index (κ2) is 7.21. The molecule has 0 amide bonds. The van der Waals surface area contributed by atoms with E-state index >= 15 is 0 Å². The van der Waals surface area contributed by atoms with E-state index in [1.165, 1.54) is 36.7 Å². The van der Waals surface area contributed by atoms with E-state index in [4.69, 9.17) is 4.42 Å². The van der Waals surface area contributed by atoms with E-state index in [-0.39, 0.29) is 10.5 Å². The van der Waals surface area contributed by atoms with Gasteiger partial charge >= 0.3 is 5.76 Å². The molecule has 4 rings (SSSR count). The van der Waals surface area contributed by atoms with E-state index in [1.807, 2.05) is 12.1 Å². The molecule has 1 saturated heterocycles. The maximum absolute atomic E-state index is 12.5. The molecule has 142 valence electrons. The quantitative estimate of drug-likeness (QED) is 0.676. The zero-order valence-electron chi connectivity index (χ0n) is 14.8. The van der Waals surface area contributed by atoms with Gasteiger partial charge in [-0.1, -0.05) is 12.1 Å². The Kier molecular flexibility index (Phi) is 4.75. The van der Waals surface area contributed by atoms with Crippen LogP contribution < -0.4 is 15.4 Å². The Morgan fingerprint density at radius 2 is 1.81 bits per heavy atom. The lowest BCUT2D eigenvalue weighted by Gasteiger charge is -2.17. The number of rotatable bonds is 6. The summed E-state index contributed by atoms with van der Waals surface area (Å²) >= 11 is 0. The Labute approximate surface area is 157 Å². The Morgan fingerprint density at radius 1 is 1.07 bits per heavy atom. The molecule has 0 radical (unpaired) electrons. The molecule has 1 aromatic heterocycles. The molecule has 3 aromatic rings. The normalized spacial score (nSPS) is 14.9. The van der Waals surface area contributed by atoms with Gasteiger partial charge < -0.3 is 9.32 Å². The molecule has 0 spiro atoms. The van der Waals surface area contributed by atoms with Crippen molar-refractivity contribution in [1.82, 2.24) is 9.71 Å². The summed E-state index contributed by atoms with van der Waals surface area (Å²) in [6.07, 6.45) is 3.07. The molecule has 27 heavy (non-hydrogen) atoms. The smallest absolute Gasteiger partial charge is 0.408 e. The predicted molar refractivity (Wildman–Crippen MR) is 104 cm³/mol. The molecule has 1 aliphatic rings. The molecule has 0 saturated carbocycles. The van der Waals surface area contributed by atoms with Crippen LogP contribution in [0, 0.1) is 0 Å². The van der Waals surface area contributed by atoms with Crippen LogP contribution in [0.4, 0.5) is 5.69 Å². The number of aromatic nitrogens is 1. The van der Waals surface area contributed by atoms with E-state index < -0.39 is 15.8 Å². The van der Waals surface area contributed by atoms with E-state index in [0.29, 0.717) is 18.5 Å². The van der Waals surface area contributed by atoms with Gasteiger partial charge in [-0.2, -0.15) is 0 Å². The van der Waals surface area contributed by atoms with Crippen LogP contribution in [-0.2, 0) is 16.4 Å². The highest BCUT2D eigenvalue weighted by atomic mass is 32.2. The summed E-state index contributed by atoms with van der Waals surface area (Å²) in [6.45, 7) is 2.50. The highest BCUT2D eigenvalue weighted by molar-refractivity contribution is 7.89. The maximum Gasteiger partial charge on any atom is 0.417 e. The fourth-order valence-electron chi connectivity index (χ4n) is 3.35. The second-order valence-corrected chi connectivity index (χ2v) is 8.45. The van der Waals surface area contributed by atoms with Gasteiger partial charge in [0.25, 0.3) is 0 Å². The molecule has 2 N–H and O–H groups in total. The van der Waals surface area contributed by atoms with Gasteiger partial charge in [-0.3, -0.25) is 4.98 Å². The van der Waals surface area contributed by atoms with Gasteiger partial charge in [0.2, 0.25) is 10.0 Å². The third-order valence-corrected chi connectivity index (χ3v) is 6.27. The van der Waals surface area contributed by atoms with Crippen LogP contribution in [-0.4, -0.2) is 33.0 Å². The van der Waals surface area contributed by atoms with Crippen LogP contribution in [0.2, 0.25) is 0 Å². The van der Waals surface area contributed by atoms with E-state index in [0.717, 1.165) is 18.7 Å². The van der Waals surface area contributed by atoms with Crippen molar-refractivity contribution in [2.45, 2.75) is 24.2 Å². The standard InChI is InChI=1S/C19H21N3O4S/c23-19-21-17-8-7-16(13-18(17)26-19)27(24,25)20-10-9-14-3-5-15(6-4-14)22-11-1-2-12-22/h3-8,13,20H,1-2,9-12H2,(H,21,23). The van der Waals surface area contributed by atoms with Crippen LogP contribution in [0.5, 0.6) is 0 Å². The van der Waals surface area contributed by atoms with Gasteiger partial charge in [0.15, 0.2) is 5.58 Å². The number of H-pyrrole nitrogens is 1. The fraction of sp³-hybridized carbons (Fsp3) is 0.316. The summed E-state index contributed by atoms with van der Waals surface area (Å²) in [5.74, 6) is -0.607. The number of nitrogens with one attached hydrogen (secondary N) is 2. The van der Waals surface area contributed by atoms with Crippen LogP contribution in [0.25, 0.3) is 11.1 Å². The summed E-state index contributed by atoms with van der Waals surface area (Å²) in [5, 5.41) is 0. The molecule has 8 heteroatoms. The number of anilines is 1. The second-order valence-electron chi connectivity index (χ2n) is 6.68. The van der Waals surface area contributed by atoms with Gasteiger partial charge in [-0.15, -0.1) is 0 Å². The van der Waals surface area contributed by atoms with Crippen molar-refractivity contribution in [2.24, 2.45) is 0 Å². The Morgan fingerprint density at radius 3 is 2.56 bits per heavy atom. The topological polar surface area (TPSA) is 95.4 Å². The van der Waals surface area contributed by atoms with Gasteiger partial charge in [-0.05, 0) is 49.1 Å². The molecular weight excluding hydrogens is 366 g/mol. The van der Waals surface area contributed by atoms with Crippen LogP contribution in [0.3, 0.4) is 0 Å². The van der Waals surface area contributed by atoms with E-state index in [9.17, 15) is 13.2 Å². The molecule has 2 aromatic carbocycles. The SMILES string of the molecule is O=c1[nH]c2ccc(S(=O)(=O)NCCc3ccc(N4CCCC4)cc3)cc2o1. The first kappa shape index (κ1) is 17.8. The highest BCUT2D eigenvalue weighted by Crippen LogP contribution is 2.21. The highest BCUT2D eigenvalue weighted by Gasteiger charge is 2.16. The monoisotopic (exact) mass is 387 g/mol. The van der Waals surface area contributed by atoms with Crippen molar-refractivity contribution in [3.05, 3.63) is 58.6 Å². The first-order valence-corrected chi connectivity index (χ1v) is 10.5. The summed E-state index contributed by atoms with van der Waals surface area (Å²) < 4.78 is 32.4. The van der Waals surface area contributed by atoms with Crippen molar-refractivity contribution in [3.8, 4) is 0 Å². The predicted octanol–water partition coefficient (Wildman–Crippen LogP) is 2.24. The lowest BCUT2D eigenvalue weighted by molar-refractivity contribution is 0.553. The summed E-state index contributed by atoms with van der Waals surface area (Å²) in [4.78, 5) is 16.1. The molecule has 1 fully saturated rings. The van der Waals surface area contributed by atoms with E-state index in [1.54, 1.807) is 0 Å². The number of aromatic amines is 1. The number of benzene rings is 2. The van der Waals surface area contributed by atoms with Gasteiger partial charge in [0, 0.05) is 31.4 Å². The third-order valence-electron chi connectivity index (χ3n) is 4.82. The fourth-order valence-corrected chi connectivity index (χ4v) is 4.40. The number of hydrogen-bond donors (Lipinski definition) is 2. The maximum atomic E-state index is 12.5. The minimum atomic E-state index is -3.67. The lowest BCUT2D eigenvalue weighted by atomic mass is 10.1. The Bertz CT molecular complexity index is 1090. The first-order valence-electron chi connectivity index (χ1n) is 8.98. The minimum Gasteiger partial charge on any atom is -0.408 e. The number of nitrogens with zero attached hydrogens (tertiary/aromatic N) is 1. The zero-order chi connectivity index (χ0) is 18.9. The van der Waals surface area contributed by atoms with Crippen molar-refractivity contribution in [3.63, 3.8) is 0 Å². The van der Waals surface area contributed by atoms with Crippen molar-refractivity contribution in [1.29, 1.82) is 0 Å². The third kappa shape index (κ3) is 3.91. The molecular formula is C19H21N3O4S. The number of sulfonamides is 1. The molecule has 1 aliphatic heterocycles. The summed E-state index contributed by atoms with van der Waals surface area (Å²) in [7, 11) is -3.67. The largest absolute Gasteiger partial charge is 0.417 e. The van der Waals surface area contributed by atoms with Crippen LogP contribution in [0.1, 0.15) is 18.4 Å². The zero-order valence-corrected chi connectivity index (χ0v) is 15.6. The van der Waals surface area contributed by atoms with Crippen LogP contribution in [0.15, 0.2) is 56.6 Å². The average Bonchev–Trinajstić information content (AvgIpc) is 3.30. The molecule has 7 nitrogen and oxygen atoms in total. The van der Waals surface area contributed by atoms with Crippen molar-refractivity contribution < 1.29 is 12.8 Å². The van der Waals surface area contributed by atoms with Crippen molar-refractivity contribution in [2.75, 3.05) is 24.5 Å². The molecule has 0 atom stereocenters. The molecule has 0 aliphatic carbocycles. The number of oxazole rings is 1. The molecule has 0 unspecified atom stereocenters. The summed E-state index contributed by atoms with van der Waals surface area (Å²) in [5.41, 5.74) is 2.99. The molecule has 0 bridgehead atoms. The summed E-state index contributed by atoms with van der Waals surface area (Å²) in [6, 6.07) is 12.6. The van der Waals surface area contributed by atoms with Crippen LogP contribution >= 0.6 is 0 Å².